The first-order valence-corrected chi connectivity index (χ1v) is 5.12. The molecule has 1 heterocycles. The van der Waals surface area contributed by atoms with Gasteiger partial charge in [0, 0.05) is 24.0 Å². The zero-order chi connectivity index (χ0) is 11.4. The normalized spacial score (nSPS) is 9.47. The van der Waals surface area contributed by atoms with E-state index in [0.29, 0.717) is 18.2 Å². The molecule has 0 saturated carbocycles. The average Bonchev–Trinajstić information content (AvgIpc) is 2.29. The lowest BCUT2D eigenvalue weighted by Gasteiger charge is -2.07. The first kappa shape index (κ1) is 13.3. The summed E-state index contributed by atoms with van der Waals surface area (Å²) in [5.74, 6) is 1.23. The molecular weight excluding hydrogens is 236 g/mol. The predicted octanol–water partition coefficient (Wildman–Crippen LogP) is 2.40. The zero-order valence-corrected chi connectivity index (χ0v) is 10.4. The Bertz CT molecular complexity index is 473. The molecule has 0 aliphatic rings. The molecule has 2 rings (SSSR count). The van der Waals surface area contributed by atoms with Crippen LogP contribution in [-0.2, 0) is 6.54 Å². The summed E-state index contributed by atoms with van der Waals surface area (Å²) in [7, 11) is 0. The molecule has 1 aromatic heterocycles. The number of aromatic nitrogens is 2. The lowest BCUT2D eigenvalue weighted by atomic mass is 10.2. The molecule has 0 atom stereocenters. The number of benzene rings is 1. The second kappa shape index (κ2) is 6.06. The van der Waals surface area contributed by atoms with E-state index in [1.165, 1.54) is 0 Å². The Hall–Kier alpha value is -1.81. The van der Waals surface area contributed by atoms with Crippen LogP contribution in [0.1, 0.15) is 11.4 Å². The number of nitrogens with one attached hydrogen (secondary N) is 1. The summed E-state index contributed by atoms with van der Waals surface area (Å²) in [5.41, 5.74) is 7.76. The Kier molecular flexibility index (Phi) is 4.72. The Morgan fingerprint density at radius 3 is 2.59 bits per heavy atom. The molecule has 0 spiro atoms. The van der Waals surface area contributed by atoms with E-state index in [1.807, 2.05) is 37.3 Å². The number of nitrogen functional groups attached to an aromatic ring is 1. The number of nitrogens with zero attached hydrogens (tertiary/aromatic N) is 2. The first-order valence-electron chi connectivity index (χ1n) is 5.12. The fraction of sp³-hybridized carbons (Fsp3) is 0.167. The summed E-state index contributed by atoms with van der Waals surface area (Å²) in [4.78, 5) is 8.23. The van der Waals surface area contributed by atoms with Gasteiger partial charge in [-0.3, -0.25) is 0 Å². The summed E-state index contributed by atoms with van der Waals surface area (Å²) in [6, 6.07) is 9.96. The number of para-hydroxylation sites is 1. The quantitative estimate of drug-likeness (QED) is 0.878. The van der Waals surface area contributed by atoms with Gasteiger partial charge < -0.3 is 11.1 Å². The van der Waals surface area contributed by atoms with Crippen molar-refractivity contribution in [3.63, 3.8) is 0 Å². The number of nitrogens with two attached hydrogens (primary N) is 1. The van der Waals surface area contributed by atoms with Crippen molar-refractivity contribution in [1.82, 2.24) is 9.97 Å². The topological polar surface area (TPSA) is 63.8 Å². The van der Waals surface area contributed by atoms with Crippen LogP contribution in [0.25, 0.3) is 0 Å². The first-order chi connectivity index (χ1) is 7.75. The minimum Gasteiger partial charge on any atom is -0.383 e. The van der Waals surface area contributed by atoms with Crippen molar-refractivity contribution in [2.75, 3.05) is 11.1 Å². The highest BCUT2D eigenvalue weighted by Crippen LogP contribution is 2.11. The molecule has 0 amide bonds. The van der Waals surface area contributed by atoms with Crippen LogP contribution in [0, 0.1) is 6.92 Å². The van der Waals surface area contributed by atoms with Gasteiger partial charge in [-0.2, -0.15) is 0 Å². The number of aryl methyl sites for hydroxylation is 1. The number of hydrogen-bond acceptors (Lipinski definition) is 4. The molecule has 0 radical (unpaired) electrons. The van der Waals surface area contributed by atoms with E-state index in [4.69, 9.17) is 5.73 Å². The average molecular weight is 251 g/mol. The molecule has 4 nitrogen and oxygen atoms in total. The maximum Gasteiger partial charge on any atom is 0.132 e. The van der Waals surface area contributed by atoms with Crippen molar-refractivity contribution in [3.8, 4) is 0 Å². The van der Waals surface area contributed by atoms with Gasteiger partial charge >= 0.3 is 0 Å². The van der Waals surface area contributed by atoms with E-state index in [1.54, 1.807) is 6.20 Å². The molecule has 90 valence electrons. The zero-order valence-electron chi connectivity index (χ0n) is 9.55. The maximum absolute atomic E-state index is 5.79. The monoisotopic (exact) mass is 250 g/mol. The van der Waals surface area contributed by atoms with Crippen LogP contribution < -0.4 is 11.1 Å². The van der Waals surface area contributed by atoms with Crippen LogP contribution >= 0.6 is 12.4 Å². The Morgan fingerprint density at radius 2 is 1.94 bits per heavy atom. The van der Waals surface area contributed by atoms with Crippen molar-refractivity contribution < 1.29 is 0 Å². The third-order valence-corrected chi connectivity index (χ3v) is 2.28. The Balaban J connectivity index is 0.00000144. The van der Waals surface area contributed by atoms with Gasteiger partial charge in [-0.1, -0.05) is 18.2 Å². The van der Waals surface area contributed by atoms with Crippen LogP contribution in [0.3, 0.4) is 0 Å². The van der Waals surface area contributed by atoms with E-state index < -0.39 is 0 Å². The largest absolute Gasteiger partial charge is 0.383 e. The highest BCUT2D eigenvalue weighted by molar-refractivity contribution is 5.85. The summed E-state index contributed by atoms with van der Waals surface area (Å²) < 4.78 is 0. The van der Waals surface area contributed by atoms with Crippen molar-refractivity contribution >= 4 is 23.9 Å². The predicted molar refractivity (Wildman–Crippen MR) is 72.2 cm³/mol. The van der Waals surface area contributed by atoms with E-state index in [-0.39, 0.29) is 12.4 Å². The van der Waals surface area contributed by atoms with Gasteiger partial charge in [0.25, 0.3) is 0 Å². The molecule has 17 heavy (non-hydrogen) atoms. The van der Waals surface area contributed by atoms with Gasteiger partial charge in [0.05, 0.1) is 0 Å². The maximum atomic E-state index is 5.79. The van der Waals surface area contributed by atoms with Crippen molar-refractivity contribution in [1.29, 1.82) is 0 Å². The number of rotatable bonds is 3. The molecule has 0 saturated heterocycles. The third-order valence-electron chi connectivity index (χ3n) is 2.28. The van der Waals surface area contributed by atoms with Gasteiger partial charge in [-0.25, -0.2) is 9.97 Å². The molecule has 0 aliphatic carbocycles. The standard InChI is InChI=1S/C12H14N4.ClH/c1-9-14-7-10(12(13)16-9)8-15-11-5-3-2-4-6-11;/h2-7,15H,8H2,1H3,(H2,13,14,16);1H. The molecule has 5 heteroatoms. The van der Waals surface area contributed by atoms with Crippen LogP contribution in [0.4, 0.5) is 11.5 Å². The molecule has 0 unspecified atom stereocenters. The minimum atomic E-state index is 0. The fourth-order valence-electron chi connectivity index (χ4n) is 1.40. The van der Waals surface area contributed by atoms with Crippen LogP contribution in [-0.4, -0.2) is 9.97 Å². The van der Waals surface area contributed by atoms with Gasteiger partial charge in [0.15, 0.2) is 0 Å². The van der Waals surface area contributed by atoms with Crippen molar-refractivity contribution in [2.24, 2.45) is 0 Å². The summed E-state index contributed by atoms with van der Waals surface area (Å²) in [6.07, 6.45) is 1.76. The molecule has 0 fully saturated rings. The minimum absolute atomic E-state index is 0. The second-order valence-electron chi connectivity index (χ2n) is 3.55. The lowest BCUT2D eigenvalue weighted by molar-refractivity contribution is 1.00. The molecule has 0 aliphatic heterocycles. The molecule has 0 bridgehead atoms. The highest BCUT2D eigenvalue weighted by atomic mass is 35.5. The summed E-state index contributed by atoms with van der Waals surface area (Å²) in [6.45, 7) is 2.46. The molecule has 3 N–H and O–H groups in total. The third kappa shape index (κ3) is 3.60. The Labute approximate surface area is 107 Å². The molecule has 1 aromatic carbocycles. The van der Waals surface area contributed by atoms with Crippen molar-refractivity contribution in [2.45, 2.75) is 13.5 Å². The number of halogens is 1. The van der Waals surface area contributed by atoms with Gasteiger partial charge in [-0.05, 0) is 19.1 Å². The van der Waals surface area contributed by atoms with Crippen molar-refractivity contribution in [3.05, 3.63) is 47.9 Å². The van der Waals surface area contributed by atoms with E-state index >= 15 is 0 Å². The van der Waals surface area contributed by atoms with E-state index in [2.05, 4.69) is 15.3 Å². The number of hydrogen-bond donors (Lipinski definition) is 2. The fourth-order valence-corrected chi connectivity index (χ4v) is 1.40. The SMILES string of the molecule is Cc1ncc(CNc2ccccc2)c(N)n1.Cl. The van der Waals surface area contributed by atoms with Gasteiger partial charge in [0.1, 0.15) is 11.6 Å². The Morgan fingerprint density at radius 1 is 1.24 bits per heavy atom. The van der Waals surface area contributed by atoms with Crippen LogP contribution in [0.5, 0.6) is 0 Å². The summed E-state index contributed by atoms with van der Waals surface area (Å²) in [5, 5.41) is 3.26. The lowest BCUT2D eigenvalue weighted by Crippen LogP contribution is -2.06. The summed E-state index contributed by atoms with van der Waals surface area (Å²) >= 11 is 0. The van der Waals surface area contributed by atoms with Crippen LogP contribution in [0.15, 0.2) is 36.5 Å². The van der Waals surface area contributed by atoms with Gasteiger partial charge in [0.2, 0.25) is 0 Å². The highest BCUT2D eigenvalue weighted by Gasteiger charge is 2.01. The number of anilines is 2. The molecule has 2 aromatic rings. The van der Waals surface area contributed by atoms with Crippen LogP contribution in [0.2, 0.25) is 0 Å². The molecular formula is C12H15ClN4. The van der Waals surface area contributed by atoms with E-state index in [0.717, 1.165) is 11.3 Å². The van der Waals surface area contributed by atoms with E-state index in [9.17, 15) is 0 Å². The second-order valence-corrected chi connectivity index (χ2v) is 3.55. The smallest absolute Gasteiger partial charge is 0.132 e. The van der Waals surface area contributed by atoms with Gasteiger partial charge in [-0.15, -0.1) is 12.4 Å².